The minimum Gasteiger partial charge on any atom is -0.317 e. The molecule has 17 heavy (non-hydrogen) atoms. The summed E-state index contributed by atoms with van der Waals surface area (Å²) in [4.78, 5) is 4.25. The minimum absolute atomic E-state index is 0.714. The Labute approximate surface area is 101 Å². The molecule has 90 valence electrons. The molecule has 1 N–H and O–H groups in total. The van der Waals surface area contributed by atoms with Crippen molar-refractivity contribution >= 4 is 0 Å². The highest BCUT2D eigenvalue weighted by Gasteiger charge is 2.03. The van der Waals surface area contributed by atoms with Gasteiger partial charge < -0.3 is 9.88 Å². The lowest BCUT2D eigenvalue weighted by Gasteiger charge is -2.05. The minimum atomic E-state index is 0.714. The zero-order valence-corrected chi connectivity index (χ0v) is 10.4. The van der Waals surface area contributed by atoms with Gasteiger partial charge in [-0.2, -0.15) is 0 Å². The van der Waals surface area contributed by atoms with Crippen LogP contribution in [0.1, 0.15) is 22.9 Å². The summed E-state index contributed by atoms with van der Waals surface area (Å²) in [5.41, 5.74) is 2.21. The molecule has 2 aromatic heterocycles. The Bertz CT molecular complexity index is 486. The number of nitrogens with one attached hydrogen (secondary N) is 1. The Kier molecular flexibility index (Phi) is 3.49. The zero-order valence-electron chi connectivity index (χ0n) is 10.4. The van der Waals surface area contributed by atoms with E-state index in [0.717, 1.165) is 23.9 Å². The van der Waals surface area contributed by atoms with Gasteiger partial charge in [-0.3, -0.25) is 4.98 Å². The van der Waals surface area contributed by atoms with Crippen molar-refractivity contribution in [2.45, 2.75) is 26.9 Å². The molecule has 0 saturated heterocycles. The largest absolute Gasteiger partial charge is 0.317 e. The first-order valence-corrected chi connectivity index (χ1v) is 5.64. The third kappa shape index (κ3) is 2.88. The van der Waals surface area contributed by atoms with Gasteiger partial charge in [-0.1, -0.05) is 6.07 Å². The van der Waals surface area contributed by atoms with E-state index in [1.165, 1.54) is 5.56 Å². The van der Waals surface area contributed by atoms with E-state index in [0.29, 0.717) is 6.54 Å². The Hall–Kier alpha value is -1.75. The van der Waals surface area contributed by atoms with Crippen molar-refractivity contribution in [3.63, 3.8) is 0 Å². The number of hydrogen-bond acceptors (Lipinski definition) is 4. The third-order valence-corrected chi connectivity index (χ3v) is 2.77. The molecule has 0 amide bonds. The highest BCUT2D eigenvalue weighted by atomic mass is 15.3. The molecule has 0 atom stereocenters. The number of nitrogens with zero attached hydrogens (tertiary/aromatic N) is 4. The van der Waals surface area contributed by atoms with Crippen LogP contribution in [0.2, 0.25) is 0 Å². The van der Waals surface area contributed by atoms with Crippen molar-refractivity contribution in [3.8, 4) is 0 Å². The summed E-state index contributed by atoms with van der Waals surface area (Å²) in [5, 5.41) is 11.4. The molecular weight excluding hydrogens is 214 g/mol. The molecule has 2 heterocycles. The van der Waals surface area contributed by atoms with E-state index >= 15 is 0 Å². The smallest absolute Gasteiger partial charge is 0.146 e. The number of aromatic nitrogens is 4. The standard InChI is InChI=1S/C12H17N5/c1-9-4-5-11(7-14-9)6-13-8-12-16-15-10(2)17(12)3/h4-5,7,13H,6,8H2,1-3H3. The fraction of sp³-hybridized carbons (Fsp3) is 0.417. The quantitative estimate of drug-likeness (QED) is 0.856. The van der Waals surface area contributed by atoms with Crippen LogP contribution >= 0.6 is 0 Å². The molecule has 0 fully saturated rings. The molecule has 0 aliphatic rings. The second kappa shape index (κ2) is 5.05. The summed E-state index contributed by atoms with van der Waals surface area (Å²) in [6.07, 6.45) is 1.89. The molecule has 0 spiro atoms. The van der Waals surface area contributed by atoms with E-state index in [4.69, 9.17) is 0 Å². The second-order valence-corrected chi connectivity index (χ2v) is 4.13. The summed E-state index contributed by atoms with van der Waals surface area (Å²) in [7, 11) is 1.97. The van der Waals surface area contributed by atoms with Gasteiger partial charge in [-0.25, -0.2) is 0 Å². The molecule has 5 nitrogen and oxygen atoms in total. The summed E-state index contributed by atoms with van der Waals surface area (Å²) in [5.74, 6) is 1.88. The number of rotatable bonds is 4. The lowest BCUT2D eigenvalue weighted by Crippen LogP contribution is -2.16. The Morgan fingerprint density at radius 1 is 1.18 bits per heavy atom. The lowest BCUT2D eigenvalue weighted by molar-refractivity contribution is 0.633. The van der Waals surface area contributed by atoms with Gasteiger partial charge in [0.25, 0.3) is 0 Å². The van der Waals surface area contributed by atoms with E-state index in [2.05, 4.69) is 26.6 Å². The molecule has 5 heteroatoms. The monoisotopic (exact) mass is 231 g/mol. The Morgan fingerprint density at radius 2 is 2.00 bits per heavy atom. The fourth-order valence-electron chi connectivity index (χ4n) is 1.53. The zero-order chi connectivity index (χ0) is 12.3. The Balaban J connectivity index is 1.87. The number of aryl methyl sites for hydroxylation is 2. The van der Waals surface area contributed by atoms with Gasteiger partial charge in [0.2, 0.25) is 0 Å². The lowest BCUT2D eigenvalue weighted by atomic mass is 10.2. The molecule has 0 saturated carbocycles. The van der Waals surface area contributed by atoms with Crippen molar-refractivity contribution < 1.29 is 0 Å². The van der Waals surface area contributed by atoms with E-state index in [1.807, 2.05) is 37.7 Å². The highest BCUT2D eigenvalue weighted by molar-refractivity contribution is 5.12. The Morgan fingerprint density at radius 3 is 2.59 bits per heavy atom. The first-order chi connectivity index (χ1) is 8.16. The first kappa shape index (κ1) is 11.7. The van der Waals surface area contributed by atoms with Gasteiger partial charge in [0, 0.05) is 25.5 Å². The van der Waals surface area contributed by atoms with Crippen LogP contribution in [0.15, 0.2) is 18.3 Å². The summed E-state index contributed by atoms with van der Waals surface area (Å²) in [6, 6.07) is 4.10. The van der Waals surface area contributed by atoms with Gasteiger partial charge >= 0.3 is 0 Å². The van der Waals surface area contributed by atoms with Crippen LogP contribution < -0.4 is 5.32 Å². The van der Waals surface area contributed by atoms with Crippen molar-refractivity contribution in [2.24, 2.45) is 7.05 Å². The van der Waals surface area contributed by atoms with E-state index in [1.54, 1.807) is 0 Å². The molecule has 0 aromatic carbocycles. The van der Waals surface area contributed by atoms with Crippen LogP contribution in [-0.4, -0.2) is 19.7 Å². The first-order valence-electron chi connectivity index (χ1n) is 5.64. The van der Waals surface area contributed by atoms with Crippen molar-refractivity contribution in [2.75, 3.05) is 0 Å². The molecule has 2 aromatic rings. The van der Waals surface area contributed by atoms with Gasteiger partial charge in [0.15, 0.2) is 0 Å². The third-order valence-electron chi connectivity index (χ3n) is 2.77. The molecule has 0 radical (unpaired) electrons. The summed E-state index contributed by atoms with van der Waals surface area (Å²) >= 11 is 0. The molecule has 0 unspecified atom stereocenters. The predicted molar refractivity (Wildman–Crippen MR) is 65.3 cm³/mol. The van der Waals surface area contributed by atoms with Crippen LogP contribution in [0.5, 0.6) is 0 Å². The van der Waals surface area contributed by atoms with E-state index in [-0.39, 0.29) is 0 Å². The van der Waals surface area contributed by atoms with Crippen LogP contribution in [0.25, 0.3) is 0 Å². The van der Waals surface area contributed by atoms with Crippen LogP contribution in [0.3, 0.4) is 0 Å². The maximum absolute atomic E-state index is 4.25. The van der Waals surface area contributed by atoms with Crippen molar-refractivity contribution in [3.05, 3.63) is 41.2 Å². The fourth-order valence-corrected chi connectivity index (χ4v) is 1.53. The number of hydrogen-bond donors (Lipinski definition) is 1. The maximum atomic E-state index is 4.25. The molecular formula is C12H17N5. The molecule has 0 aliphatic heterocycles. The van der Waals surface area contributed by atoms with Gasteiger partial charge in [0.1, 0.15) is 11.6 Å². The average Bonchev–Trinajstić information content (AvgIpc) is 2.64. The normalized spacial score (nSPS) is 10.8. The van der Waals surface area contributed by atoms with Gasteiger partial charge in [-0.05, 0) is 25.5 Å². The number of pyridine rings is 1. The molecule has 2 rings (SSSR count). The molecule has 0 bridgehead atoms. The van der Waals surface area contributed by atoms with Crippen LogP contribution in [0.4, 0.5) is 0 Å². The van der Waals surface area contributed by atoms with E-state index in [9.17, 15) is 0 Å². The summed E-state index contributed by atoms with van der Waals surface area (Å²) in [6.45, 7) is 5.43. The van der Waals surface area contributed by atoms with Crippen molar-refractivity contribution in [1.82, 2.24) is 25.1 Å². The second-order valence-electron chi connectivity index (χ2n) is 4.13. The summed E-state index contributed by atoms with van der Waals surface area (Å²) < 4.78 is 1.99. The van der Waals surface area contributed by atoms with Gasteiger partial charge in [-0.15, -0.1) is 10.2 Å². The van der Waals surface area contributed by atoms with Crippen LogP contribution in [-0.2, 0) is 20.1 Å². The predicted octanol–water partition coefficient (Wildman–Crippen LogP) is 1.12. The average molecular weight is 231 g/mol. The SMILES string of the molecule is Cc1ccc(CNCc2nnc(C)n2C)cn1. The van der Waals surface area contributed by atoms with Crippen LogP contribution in [0, 0.1) is 13.8 Å². The van der Waals surface area contributed by atoms with Crippen molar-refractivity contribution in [1.29, 1.82) is 0 Å². The maximum Gasteiger partial charge on any atom is 0.146 e. The van der Waals surface area contributed by atoms with Gasteiger partial charge in [0.05, 0.1) is 6.54 Å². The highest BCUT2D eigenvalue weighted by Crippen LogP contribution is 2.00. The topological polar surface area (TPSA) is 55.6 Å². The van der Waals surface area contributed by atoms with E-state index < -0.39 is 0 Å². The molecule has 0 aliphatic carbocycles.